The number of alkyl halides is 3. The quantitative estimate of drug-likeness (QED) is 0.587. The zero-order valence-corrected chi connectivity index (χ0v) is 15.5. The summed E-state index contributed by atoms with van der Waals surface area (Å²) in [4.78, 5) is 20.1. The monoisotopic (exact) mass is 390 g/mol. The van der Waals surface area contributed by atoms with Crippen LogP contribution in [0.4, 0.5) is 18.0 Å². The van der Waals surface area contributed by atoms with Crippen LogP contribution in [-0.4, -0.2) is 16.0 Å². The maximum absolute atomic E-state index is 12.6. The van der Waals surface area contributed by atoms with Crippen molar-refractivity contribution in [3.05, 3.63) is 65.5 Å². The van der Waals surface area contributed by atoms with Gasteiger partial charge in [-0.05, 0) is 35.7 Å². The lowest BCUT2D eigenvalue weighted by atomic mass is 10.0. The molecular weight excluding hydrogens is 369 g/mol. The van der Waals surface area contributed by atoms with Gasteiger partial charge in [-0.1, -0.05) is 38.1 Å². The third-order valence-corrected chi connectivity index (χ3v) is 4.39. The van der Waals surface area contributed by atoms with E-state index in [1.807, 2.05) is 38.1 Å². The fraction of sp³-hybridized carbons (Fsp3) is 0.300. The van der Waals surface area contributed by atoms with Gasteiger partial charge in [-0.3, -0.25) is 0 Å². The Morgan fingerprint density at radius 1 is 1.11 bits per heavy atom. The number of amides is 2. The Labute approximate surface area is 160 Å². The lowest BCUT2D eigenvalue weighted by Gasteiger charge is -2.20. The number of nitrogens with one attached hydrogen (secondary N) is 3. The van der Waals surface area contributed by atoms with Crippen LogP contribution in [0.25, 0.3) is 11.0 Å². The number of carbonyl (C=O) groups is 1. The van der Waals surface area contributed by atoms with Gasteiger partial charge in [0.25, 0.3) is 0 Å². The van der Waals surface area contributed by atoms with Gasteiger partial charge in [0.05, 0.1) is 22.6 Å². The third-order valence-electron chi connectivity index (χ3n) is 4.39. The van der Waals surface area contributed by atoms with Crippen molar-refractivity contribution in [2.24, 2.45) is 5.92 Å². The van der Waals surface area contributed by atoms with E-state index in [0.29, 0.717) is 11.4 Å². The molecule has 0 fully saturated rings. The molecule has 0 aliphatic heterocycles. The van der Waals surface area contributed by atoms with Gasteiger partial charge in [0, 0.05) is 6.54 Å². The van der Waals surface area contributed by atoms with Gasteiger partial charge in [0.15, 0.2) is 0 Å². The largest absolute Gasteiger partial charge is 0.416 e. The van der Waals surface area contributed by atoms with Crippen molar-refractivity contribution in [2.45, 2.75) is 32.6 Å². The van der Waals surface area contributed by atoms with Crippen molar-refractivity contribution in [1.29, 1.82) is 0 Å². The summed E-state index contributed by atoms with van der Waals surface area (Å²) in [5.74, 6) is 0.735. The number of fused-ring (bicyclic) bond motifs is 1. The van der Waals surface area contributed by atoms with Gasteiger partial charge < -0.3 is 15.6 Å². The molecule has 148 valence electrons. The molecule has 2 aromatic carbocycles. The molecular formula is C20H21F3N4O. The number of H-pyrrole nitrogens is 1. The summed E-state index contributed by atoms with van der Waals surface area (Å²) in [6.07, 6.45) is -4.37. The molecule has 5 nitrogen and oxygen atoms in total. The van der Waals surface area contributed by atoms with Gasteiger partial charge >= 0.3 is 12.2 Å². The highest BCUT2D eigenvalue weighted by Gasteiger charge is 2.30. The number of para-hydroxylation sites is 2. The second-order valence-corrected chi connectivity index (χ2v) is 6.88. The number of hydrogen-bond donors (Lipinski definition) is 3. The standard InChI is InChI=1S/C20H21F3N4O/c1-12(2)17(18-25-15-5-3-4-6-16(15)26-18)27-19(28)24-11-13-7-9-14(10-8-13)20(21,22)23/h3-10,12,17H,11H2,1-2H3,(H,25,26)(H2,24,27,28). The van der Waals surface area contributed by atoms with Crippen molar-refractivity contribution in [2.75, 3.05) is 0 Å². The van der Waals surface area contributed by atoms with E-state index < -0.39 is 17.8 Å². The van der Waals surface area contributed by atoms with Crippen LogP contribution in [0.1, 0.15) is 36.8 Å². The van der Waals surface area contributed by atoms with E-state index in [-0.39, 0.29) is 18.5 Å². The van der Waals surface area contributed by atoms with Gasteiger partial charge in [-0.15, -0.1) is 0 Å². The number of aromatic amines is 1. The normalized spacial score (nSPS) is 12.9. The maximum Gasteiger partial charge on any atom is 0.416 e. The molecule has 0 aliphatic carbocycles. The van der Waals surface area contributed by atoms with Gasteiger partial charge in [0.2, 0.25) is 0 Å². The van der Waals surface area contributed by atoms with Crippen molar-refractivity contribution in [3.63, 3.8) is 0 Å². The highest BCUT2D eigenvalue weighted by molar-refractivity contribution is 5.76. The van der Waals surface area contributed by atoms with Crippen molar-refractivity contribution in [3.8, 4) is 0 Å². The number of imidazole rings is 1. The number of rotatable bonds is 5. The molecule has 0 bridgehead atoms. The molecule has 1 aromatic heterocycles. The van der Waals surface area contributed by atoms with Crippen LogP contribution in [0, 0.1) is 5.92 Å². The molecule has 0 saturated carbocycles. The fourth-order valence-corrected chi connectivity index (χ4v) is 2.86. The molecule has 8 heteroatoms. The summed E-state index contributed by atoms with van der Waals surface area (Å²) in [6.45, 7) is 4.05. The third kappa shape index (κ3) is 4.62. The van der Waals surface area contributed by atoms with Gasteiger partial charge in [0.1, 0.15) is 5.82 Å². The van der Waals surface area contributed by atoms with E-state index >= 15 is 0 Å². The van der Waals surface area contributed by atoms with E-state index in [1.165, 1.54) is 12.1 Å². The highest BCUT2D eigenvalue weighted by atomic mass is 19.4. The van der Waals surface area contributed by atoms with Gasteiger partial charge in [-0.2, -0.15) is 13.2 Å². The molecule has 3 aromatic rings. The SMILES string of the molecule is CC(C)C(NC(=O)NCc1ccc(C(F)(F)F)cc1)c1nc2ccccc2[nH]1. The van der Waals surface area contributed by atoms with Crippen LogP contribution < -0.4 is 10.6 Å². The molecule has 0 radical (unpaired) electrons. The Balaban J connectivity index is 1.63. The molecule has 0 spiro atoms. The number of carbonyl (C=O) groups excluding carboxylic acids is 1. The van der Waals surface area contributed by atoms with Crippen LogP contribution in [0.3, 0.4) is 0 Å². The van der Waals surface area contributed by atoms with E-state index in [0.717, 1.165) is 23.2 Å². The Bertz CT molecular complexity index is 915. The molecule has 3 rings (SSSR count). The molecule has 3 N–H and O–H groups in total. The molecule has 28 heavy (non-hydrogen) atoms. The second-order valence-electron chi connectivity index (χ2n) is 6.88. The van der Waals surface area contributed by atoms with Crippen LogP contribution in [0.5, 0.6) is 0 Å². The molecule has 0 aliphatic rings. The van der Waals surface area contributed by atoms with Crippen molar-refractivity contribution >= 4 is 17.1 Å². The number of halogens is 3. The number of urea groups is 1. The smallest absolute Gasteiger partial charge is 0.340 e. The molecule has 1 unspecified atom stereocenters. The molecule has 1 heterocycles. The minimum atomic E-state index is -4.37. The average Bonchev–Trinajstić information content (AvgIpc) is 3.07. The summed E-state index contributed by atoms with van der Waals surface area (Å²) < 4.78 is 37.8. The number of aromatic nitrogens is 2. The van der Waals surface area contributed by atoms with Crippen molar-refractivity contribution in [1.82, 2.24) is 20.6 Å². The summed E-state index contributed by atoms with van der Waals surface area (Å²) >= 11 is 0. The van der Waals surface area contributed by atoms with Crippen molar-refractivity contribution < 1.29 is 18.0 Å². The van der Waals surface area contributed by atoms with E-state index in [9.17, 15) is 18.0 Å². The van der Waals surface area contributed by atoms with Crippen LogP contribution in [-0.2, 0) is 12.7 Å². The number of benzene rings is 2. The summed E-state index contributed by atoms with van der Waals surface area (Å²) in [5.41, 5.74) is 1.56. The Hall–Kier alpha value is -3.03. The van der Waals surface area contributed by atoms with Gasteiger partial charge in [-0.25, -0.2) is 9.78 Å². The van der Waals surface area contributed by atoms with E-state index in [2.05, 4.69) is 20.6 Å². The number of nitrogens with zero attached hydrogens (tertiary/aromatic N) is 1. The lowest BCUT2D eigenvalue weighted by molar-refractivity contribution is -0.137. The first-order valence-corrected chi connectivity index (χ1v) is 8.89. The Morgan fingerprint density at radius 3 is 2.39 bits per heavy atom. The van der Waals surface area contributed by atoms with Crippen LogP contribution in [0.2, 0.25) is 0 Å². The minimum absolute atomic E-state index is 0.0809. The number of hydrogen-bond acceptors (Lipinski definition) is 2. The summed E-state index contributed by atoms with van der Waals surface area (Å²) in [6, 6.07) is 11.5. The zero-order chi connectivity index (χ0) is 20.3. The summed E-state index contributed by atoms with van der Waals surface area (Å²) in [5, 5.41) is 5.55. The second kappa shape index (κ2) is 7.92. The first kappa shape index (κ1) is 19.7. The average molecular weight is 390 g/mol. The van der Waals surface area contributed by atoms with Crippen LogP contribution in [0.15, 0.2) is 48.5 Å². The predicted molar refractivity (Wildman–Crippen MR) is 100 cm³/mol. The van der Waals surface area contributed by atoms with E-state index in [4.69, 9.17) is 0 Å². The topological polar surface area (TPSA) is 69.8 Å². The predicted octanol–water partition coefficient (Wildman–Crippen LogP) is 4.78. The molecule has 0 saturated heterocycles. The molecule has 1 atom stereocenters. The lowest BCUT2D eigenvalue weighted by Crippen LogP contribution is -2.39. The molecule has 2 amide bonds. The fourth-order valence-electron chi connectivity index (χ4n) is 2.86. The zero-order valence-electron chi connectivity index (χ0n) is 15.5. The Morgan fingerprint density at radius 2 is 1.79 bits per heavy atom. The Kier molecular flexibility index (Phi) is 5.58. The maximum atomic E-state index is 12.6. The first-order chi connectivity index (χ1) is 13.2. The highest BCUT2D eigenvalue weighted by Crippen LogP contribution is 2.29. The van der Waals surface area contributed by atoms with E-state index in [1.54, 1.807) is 0 Å². The van der Waals surface area contributed by atoms with Crippen LogP contribution >= 0.6 is 0 Å². The summed E-state index contributed by atoms with van der Waals surface area (Å²) in [7, 11) is 0. The minimum Gasteiger partial charge on any atom is -0.340 e. The first-order valence-electron chi connectivity index (χ1n) is 8.89.